The smallest absolute Gasteiger partial charge is 0.255 e. The van der Waals surface area contributed by atoms with Crippen molar-refractivity contribution in [1.29, 1.82) is 0 Å². The van der Waals surface area contributed by atoms with Gasteiger partial charge in [-0.1, -0.05) is 30.3 Å². The molecular formula is C21H25N3O2. The Labute approximate surface area is 154 Å². The molecule has 0 spiro atoms. The van der Waals surface area contributed by atoms with Crippen LogP contribution in [-0.2, 0) is 11.2 Å². The quantitative estimate of drug-likeness (QED) is 0.848. The van der Waals surface area contributed by atoms with E-state index in [-0.39, 0.29) is 11.9 Å². The summed E-state index contributed by atoms with van der Waals surface area (Å²) < 4.78 is 5.53. The van der Waals surface area contributed by atoms with Crippen LogP contribution in [0.4, 0.5) is 0 Å². The van der Waals surface area contributed by atoms with Gasteiger partial charge in [0, 0.05) is 38.1 Å². The Hall–Kier alpha value is -2.24. The van der Waals surface area contributed by atoms with Gasteiger partial charge in [0.15, 0.2) is 0 Å². The SMILES string of the molecule is O=C(c1cccnc1)N1CC[C@@H](N2CCOCC2)[C@@H]1Cc1ccccc1. The highest BCUT2D eigenvalue weighted by atomic mass is 16.5. The normalized spacial score (nSPS) is 23.9. The minimum absolute atomic E-state index is 0.0924. The predicted molar refractivity (Wildman–Crippen MR) is 100 cm³/mol. The lowest BCUT2D eigenvalue weighted by molar-refractivity contribution is 0.00864. The Bertz CT molecular complexity index is 717. The molecular weight excluding hydrogens is 326 g/mol. The number of ether oxygens (including phenoxy) is 1. The van der Waals surface area contributed by atoms with E-state index in [1.54, 1.807) is 12.4 Å². The third-order valence-electron chi connectivity index (χ3n) is 5.48. The number of hydrogen-bond acceptors (Lipinski definition) is 4. The zero-order chi connectivity index (χ0) is 17.8. The van der Waals surface area contributed by atoms with Gasteiger partial charge in [-0.2, -0.15) is 0 Å². The van der Waals surface area contributed by atoms with Crippen LogP contribution in [-0.4, -0.2) is 65.6 Å². The van der Waals surface area contributed by atoms with Gasteiger partial charge in [0.2, 0.25) is 0 Å². The molecule has 1 aromatic heterocycles. The van der Waals surface area contributed by atoms with Crippen molar-refractivity contribution in [2.24, 2.45) is 0 Å². The molecule has 2 aromatic rings. The number of pyridine rings is 1. The highest BCUT2D eigenvalue weighted by molar-refractivity contribution is 5.94. The first-order chi connectivity index (χ1) is 12.8. The van der Waals surface area contributed by atoms with Crippen molar-refractivity contribution in [3.63, 3.8) is 0 Å². The summed E-state index contributed by atoms with van der Waals surface area (Å²) in [6.07, 6.45) is 5.28. The zero-order valence-corrected chi connectivity index (χ0v) is 15.0. The molecule has 0 unspecified atom stereocenters. The number of morpholine rings is 1. The molecule has 0 bridgehead atoms. The number of aromatic nitrogens is 1. The van der Waals surface area contributed by atoms with Gasteiger partial charge < -0.3 is 9.64 Å². The summed E-state index contributed by atoms with van der Waals surface area (Å²) in [7, 11) is 0. The van der Waals surface area contributed by atoms with Crippen molar-refractivity contribution in [1.82, 2.24) is 14.8 Å². The Morgan fingerprint density at radius 2 is 1.88 bits per heavy atom. The van der Waals surface area contributed by atoms with Gasteiger partial charge in [-0.05, 0) is 30.5 Å². The average Bonchev–Trinajstić information content (AvgIpc) is 3.13. The molecule has 2 aliphatic heterocycles. The van der Waals surface area contributed by atoms with E-state index in [1.165, 1.54) is 5.56 Å². The lowest BCUT2D eigenvalue weighted by atomic mass is 9.98. The van der Waals surface area contributed by atoms with Gasteiger partial charge in [-0.25, -0.2) is 0 Å². The zero-order valence-electron chi connectivity index (χ0n) is 15.0. The van der Waals surface area contributed by atoms with Gasteiger partial charge in [-0.15, -0.1) is 0 Å². The van der Waals surface area contributed by atoms with Gasteiger partial charge in [-0.3, -0.25) is 14.7 Å². The van der Waals surface area contributed by atoms with E-state index in [0.29, 0.717) is 11.6 Å². The molecule has 2 saturated heterocycles. The average molecular weight is 351 g/mol. The van der Waals surface area contributed by atoms with Crippen LogP contribution < -0.4 is 0 Å². The molecule has 1 aromatic carbocycles. The van der Waals surface area contributed by atoms with Crippen LogP contribution in [0.5, 0.6) is 0 Å². The maximum atomic E-state index is 13.1. The summed E-state index contributed by atoms with van der Waals surface area (Å²) in [6.45, 7) is 4.26. The standard InChI is InChI=1S/C21H25N3O2/c25-21(18-7-4-9-22-16-18)24-10-8-19(23-11-13-26-14-12-23)20(24)15-17-5-2-1-3-6-17/h1-7,9,16,19-20H,8,10-15H2/t19-,20+/m1/s1. The van der Waals surface area contributed by atoms with Crippen LogP contribution >= 0.6 is 0 Å². The number of amides is 1. The van der Waals surface area contributed by atoms with Crippen LogP contribution in [0, 0.1) is 0 Å². The highest BCUT2D eigenvalue weighted by Gasteiger charge is 2.40. The molecule has 5 heteroatoms. The second-order valence-electron chi connectivity index (χ2n) is 7.00. The summed E-state index contributed by atoms with van der Waals surface area (Å²) in [6, 6.07) is 14.7. The maximum Gasteiger partial charge on any atom is 0.255 e. The molecule has 1 amide bonds. The molecule has 0 N–H and O–H groups in total. The molecule has 136 valence electrons. The summed E-state index contributed by atoms with van der Waals surface area (Å²) >= 11 is 0. The van der Waals surface area contributed by atoms with E-state index in [0.717, 1.165) is 45.7 Å². The van der Waals surface area contributed by atoms with Crippen molar-refractivity contribution >= 4 is 5.91 Å². The third kappa shape index (κ3) is 3.64. The minimum atomic E-state index is 0.0924. The van der Waals surface area contributed by atoms with Crippen LogP contribution in [0.15, 0.2) is 54.9 Å². The van der Waals surface area contributed by atoms with E-state index in [4.69, 9.17) is 4.74 Å². The number of benzene rings is 1. The van der Waals surface area contributed by atoms with Crippen molar-refractivity contribution in [2.45, 2.75) is 24.9 Å². The number of carbonyl (C=O) groups excluding carboxylic acids is 1. The van der Waals surface area contributed by atoms with Gasteiger partial charge in [0.1, 0.15) is 0 Å². The van der Waals surface area contributed by atoms with Crippen LogP contribution in [0.2, 0.25) is 0 Å². The van der Waals surface area contributed by atoms with Crippen molar-refractivity contribution in [3.8, 4) is 0 Å². The lowest BCUT2D eigenvalue weighted by Gasteiger charge is -2.37. The summed E-state index contributed by atoms with van der Waals surface area (Å²) in [5, 5.41) is 0. The summed E-state index contributed by atoms with van der Waals surface area (Å²) in [5.74, 6) is 0.0924. The molecule has 2 fully saturated rings. The molecule has 0 radical (unpaired) electrons. The number of rotatable bonds is 4. The molecule has 0 aliphatic carbocycles. The fourth-order valence-electron chi connectivity index (χ4n) is 4.18. The number of hydrogen-bond donors (Lipinski definition) is 0. The Morgan fingerprint density at radius 1 is 1.08 bits per heavy atom. The first-order valence-corrected chi connectivity index (χ1v) is 9.39. The number of carbonyl (C=O) groups is 1. The van der Waals surface area contributed by atoms with Crippen molar-refractivity contribution < 1.29 is 9.53 Å². The first-order valence-electron chi connectivity index (χ1n) is 9.39. The molecule has 5 nitrogen and oxygen atoms in total. The van der Waals surface area contributed by atoms with E-state index in [9.17, 15) is 4.79 Å². The minimum Gasteiger partial charge on any atom is -0.379 e. The Kier molecular flexibility index (Phi) is 5.27. The molecule has 0 saturated carbocycles. The topological polar surface area (TPSA) is 45.7 Å². The van der Waals surface area contributed by atoms with Gasteiger partial charge in [0.25, 0.3) is 5.91 Å². The third-order valence-corrected chi connectivity index (χ3v) is 5.48. The lowest BCUT2D eigenvalue weighted by Crippen LogP contribution is -2.51. The summed E-state index contributed by atoms with van der Waals surface area (Å²) in [4.78, 5) is 21.8. The van der Waals surface area contributed by atoms with E-state index in [2.05, 4.69) is 39.0 Å². The Balaban J connectivity index is 1.58. The summed E-state index contributed by atoms with van der Waals surface area (Å²) in [5.41, 5.74) is 1.95. The van der Waals surface area contributed by atoms with E-state index in [1.807, 2.05) is 18.2 Å². The molecule has 4 rings (SSSR count). The molecule has 2 atom stereocenters. The van der Waals surface area contributed by atoms with Crippen LogP contribution in [0.1, 0.15) is 22.3 Å². The van der Waals surface area contributed by atoms with Crippen LogP contribution in [0.3, 0.4) is 0 Å². The predicted octanol–water partition coefficient (Wildman–Crippen LogP) is 2.24. The first kappa shape index (κ1) is 17.2. The molecule has 26 heavy (non-hydrogen) atoms. The Morgan fingerprint density at radius 3 is 2.62 bits per heavy atom. The van der Waals surface area contributed by atoms with E-state index < -0.39 is 0 Å². The van der Waals surface area contributed by atoms with Crippen molar-refractivity contribution in [3.05, 3.63) is 66.0 Å². The fourth-order valence-corrected chi connectivity index (χ4v) is 4.18. The van der Waals surface area contributed by atoms with E-state index >= 15 is 0 Å². The second-order valence-corrected chi connectivity index (χ2v) is 7.00. The number of likely N-dealkylation sites (tertiary alicyclic amines) is 1. The highest BCUT2D eigenvalue weighted by Crippen LogP contribution is 2.28. The molecule has 2 aliphatic rings. The largest absolute Gasteiger partial charge is 0.379 e. The number of nitrogens with zero attached hydrogens (tertiary/aromatic N) is 3. The fraction of sp³-hybridized carbons (Fsp3) is 0.429. The molecule has 3 heterocycles. The second kappa shape index (κ2) is 7.98. The van der Waals surface area contributed by atoms with Gasteiger partial charge in [0.05, 0.1) is 24.8 Å². The maximum absolute atomic E-state index is 13.1. The monoisotopic (exact) mass is 351 g/mol. The van der Waals surface area contributed by atoms with Crippen LogP contribution in [0.25, 0.3) is 0 Å². The van der Waals surface area contributed by atoms with Crippen molar-refractivity contribution in [2.75, 3.05) is 32.8 Å². The van der Waals surface area contributed by atoms with Gasteiger partial charge >= 0.3 is 0 Å².